The van der Waals surface area contributed by atoms with Crippen LogP contribution in [-0.2, 0) is 0 Å². The van der Waals surface area contributed by atoms with Crippen molar-refractivity contribution in [2.24, 2.45) is 11.5 Å². The van der Waals surface area contributed by atoms with Crippen LogP contribution >= 0.6 is 0 Å². The second-order valence-electron chi connectivity index (χ2n) is 4.74. The topological polar surface area (TPSA) is 103 Å². The molecule has 1 aliphatic rings. The van der Waals surface area contributed by atoms with E-state index in [9.17, 15) is 4.79 Å². The first-order chi connectivity index (χ1) is 9.16. The Labute approximate surface area is 110 Å². The van der Waals surface area contributed by atoms with Crippen molar-refractivity contribution in [3.05, 3.63) is 24.0 Å². The number of nitrogens with zero attached hydrogens (tertiary/aromatic N) is 4. The summed E-state index contributed by atoms with van der Waals surface area (Å²) in [4.78, 5) is 17.5. The molecule has 3 heterocycles. The predicted molar refractivity (Wildman–Crippen MR) is 69.8 cm³/mol. The third kappa shape index (κ3) is 2.01. The van der Waals surface area contributed by atoms with Crippen LogP contribution in [0.1, 0.15) is 23.2 Å². The molecule has 1 aliphatic heterocycles. The molecule has 0 aromatic carbocycles. The number of aromatic nitrogens is 3. The number of primary amides is 1. The monoisotopic (exact) mass is 259 g/mol. The van der Waals surface area contributed by atoms with Crippen LogP contribution in [0.25, 0.3) is 5.65 Å². The minimum atomic E-state index is -0.515. The van der Waals surface area contributed by atoms with Gasteiger partial charge in [-0.25, -0.2) is 4.98 Å². The van der Waals surface area contributed by atoms with Gasteiger partial charge in [0.1, 0.15) is 5.82 Å². The molecule has 0 bridgehead atoms. The van der Waals surface area contributed by atoms with E-state index in [2.05, 4.69) is 21.3 Å². The summed E-state index contributed by atoms with van der Waals surface area (Å²) in [6.07, 6.45) is 4.41. The van der Waals surface area contributed by atoms with Gasteiger partial charge in [0.05, 0.1) is 5.56 Å². The Balaban J connectivity index is 2.03. The largest absolute Gasteiger partial charge is 0.365 e. The van der Waals surface area contributed by atoms with E-state index in [4.69, 9.17) is 11.5 Å². The van der Waals surface area contributed by atoms with Crippen molar-refractivity contribution in [3.8, 4) is 0 Å². The van der Waals surface area contributed by atoms with E-state index in [-0.39, 0.29) is 6.04 Å². The summed E-state index contributed by atoms with van der Waals surface area (Å²) in [6.45, 7) is 1.73. The van der Waals surface area contributed by atoms with Crippen LogP contribution in [0.4, 0.5) is 5.82 Å². The Morgan fingerprint density at radius 1 is 1.37 bits per heavy atom. The molecule has 2 aromatic heterocycles. The number of hydrogen-bond acceptors (Lipinski definition) is 5. The van der Waals surface area contributed by atoms with Gasteiger partial charge in [-0.15, -0.1) is 5.10 Å². The average Bonchev–Trinajstić information content (AvgIpc) is 2.87. The van der Waals surface area contributed by atoms with Crippen molar-refractivity contribution >= 4 is 17.4 Å². The Morgan fingerprint density at radius 2 is 2.11 bits per heavy atom. The van der Waals surface area contributed by atoms with E-state index in [0.29, 0.717) is 11.2 Å². The summed E-state index contributed by atoms with van der Waals surface area (Å²) in [6, 6.07) is 3.79. The van der Waals surface area contributed by atoms with Gasteiger partial charge in [-0.1, -0.05) is 0 Å². The highest BCUT2D eigenvalue weighted by Crippen LogP contribution is 2.21. The molecule has 1 saturated heterocycles. The summed E-state index contributed by atoms with van der Waals surface area (Å²) >= 11 is 0. The number of hydrogen-bond donors (Lipinski definition) is 2. The zero-order valence-corrected chi connectivity index (χ0v) is 10.4. The number of anilines is 1. The lowest BCUT2D eigenvalue weighted by molar-refractivity contribution is 0.100. The minimum absolute atomic E-state index is 0.263. The van der Waals surface area contributed by atoms with Gasteiger partial charge >= 0.3 is 0 Å². The SMILES string of the molecule is NC(=O)c1ccc(N2CCC(N)CC2)n2n[c]nc12. The molecular formula is C12H15N6O. The summed E-state index contributed by atoms with van der Waals surface area (Å²) in [5, 5.41) is 4.06. The predicted octanol–water partition coefficient (Wildman–Crippen LogP) is -0.444. The Morgan fingerprint density at radius 3 is 2.79 bits per heavy atom. The first kappa shape index (κ1) is 11.9. The van der Waals surface area contributed by atoms with Gasteiger partial charge in [0.2, 0.25) is 6.33 Å². The Bertz CT molecular complexity index is 614. The smallest absolute Gasteiger partial charge is 0.252 e. The second-order valence-corrected chi connectivity index (χ2v) is 4.74. The van der Waals surface area contributed by atoms with Gasteiger partial charge in [-0.2, -0.15) is 4.52 Å². The van der Waals surface area contributed by atoms with Crippen LogP contribution in [-0.4, -0.2) is 39.6 Å². The van der Waals surface area contributed by atoms with Gasteiger partial charge in [0, 0.05) is 19.1 Å². The standard InChI is InChI=1S/C12H15N6O/c13-8-3-5-17(6-4-8)10-2-1-9(11(14)19)12-15-7-16-18(10)12/h1-2,8H,3-6,13H2,(H2,14,19). The zero-order valence-electron chi connectivity index (χ0n) is 10.4. The fourth-order valence-electron chi connectivity index (χ4n) is 2.41. The molecule has 1 amide bonds. The molecule has 3 rings (SSSR count). The fraction of sp³-hybridized carbons (Fsp3) is 0.417. The minimum Gasteiger partial charge on any atom is -0.365 e. The lowest BCUT2D eigenvalue weighted by Crippen LogP contribution is -2.40. The molecule has 1 fully saturated rings. The highest BCUT2D eigenvalue weighted by atomic mass is 16.1. The van der Waals surface area contributed by atoms with Crippen LogP contribution in [0.2, 0.25) is 0 Å². The number of carbonyl (C=O) groups is 1. The van der Waals surface area contributed by atoms with E-state index in [1.165, 1.54) is 0 Å². The normalized spacial score (nSPS) is 17.0. The van der Waals surface area contributed by atoms with E-state index in [1.54, 1.807) is 10.6 Å². The summed E-state index contributed by atoms with van der Waals surface area (Å²) in [5.41, 5.74) is 12.0. The van der Waals surface area contributed by atoms with E-state index < -0.39 is 5.91 Å². The number of amides is 1. The van der Waals surface area contributed by atoms with E-state index in [0.717, 1.165) is 31.7 Å². The quantitative estimate of drug-likeness (QED) is 0.761. The molecule has 0 atom stereocenters. The molecule has 19 heavy (non-hydrogen) atoms. The third-order valence-corrected chi connectivity index (χ3v) is 3.49. The first-order valence-electron chi connectivity index (χ1n) is 6.23. The van der Waals surface area contributed by atoms with Crippen LogP contribution in [0.5, 0.6) is 0 Å². The maximum Gasteiger partial charge on any atom is 0.252 e. The van der Waals surface area contributed by atoms with Gasteiger partial charge in [0.15, 0.2) is 5.65 Å². The zero-order chi connectivity index (χ0) is 13.4. The van der Waals surface area contributed by atoms with Crippen molar-refractivity contribution in [1.29, 1.82) is 0 Å². The summed E-state index contributed by atoms with van der Waals surface area (Å²) < 4.78 is 1.61. The average molecular weight is 259 g/mol. The van der Waals surface area contributed by atoms with Crippen molar-refractivity contribution in [3.63, 3.8) is 0 Å². The number of piperidine rings is 1. The van der Waals surface area contributed by atoms with Crippen LogP contribution in [0.15, 0.2) is 12.1 Å². The third-order valence-electron chi connectivity index (χ3n) is 3.49. The fourth-order valence-corrected chi connectivity index (χ4v) is 2.41. The maximum atomic E-state index is 11.3. The number of rotatable bonds is 2. The molecule has 7 nitrogen and oxygen atoms in total. The lowest BCUT2D eigenvalue weighted by Gasteiger charge is -2.31. The van der Waals surface area contributed by atoms with E-state index in [1.807, 2.05) is 6.07 Å². The molecule has 0 unspecified atom stereocenters. The van der Waals surface area contributed by atoms with Gasteiger partial charge in [0.25, 0.3) is 5.91 Å². The first-order valence-corrected chi connectivity index (χ1v) is 6.23. The number of nitrogens with two attached hydrogens (primary N) is 2. The van der Waals surface area contributed by atoms with E-state index >= 15 is 0 Å². The number of fused-ring (bicyclic) bond motifs is 1. The van der Waals surface area contributed by atoms with Gasteiger partial charge in [-0.05, 0) is 25.0 Å². The summed E-state index contributed by atoms with van der Waals surface area (Å²) in [7, 11) is 0. The molecule has 0 aliphatic carbocycles. The lowest BCUT2D eigenvalue weighted by atomic mass is 10.1. The molecule has 0 spiro atoms. The molecule has 99 valence electrons. The van der Waals surface area contributed by atoms with Crippen molar-refractivity contribution in [1.82, 2.24) is 14.6 Å². The molecule has 7 heteroatoms. The molecule has 4 N–H and O–H groups in total. The summed E-state index contributed by atoms with van der Waals surface area (Å²) in [5.74, 6) is 0.374. The van der Waals surface area contributed by atoms with Crippen molar-refractivity contribution in [2.75, 3.05) is 18.0 Å². The van der Waals surface area contributed by atoms with Crippen LogP contribution < -0.4 is 16.4 Å². The number of carbonyl (C=O) groups excluding carboxylic acids is 1. The number of pyridine rings is 1. The highest BCUT2D eigenvalue weighted by Gasteiger charge is 2.20. The van der Waals surface area contributed by atoms with Crippen molar-refractivity contribution in [2.45, 2.75) is 18.9 Å². The van der Waals surface area contributed by atoms with Crippen LogP contribution in [0.3, 0.4) is 0 Å². The molecule has 0 saturated carbocycles. The van der Waals surface area contributed by atoms with Gasteiger partial charge < -0.3 is 16.4 Å². The maximum absolute atomic E-state index is 11.3. The molecular weight excluding hydrogens is 244 g/mol. The highest BCUT2D eigenvalue weighted by molar-refractivity contribution is 5.98. The molecule has 2 aromatic rings. The Hall–Kier alpha value is -2.15. The molecule has 1 radical (unpaired) electrons. The second kappa shape index (κ2) is 4.51. The van der Waals surface area contributed by atoms with Gasteiger partial charge in [-0.3, -0.25) is 4.79 Å². The van der Waals surface area contributed by atoms with Crippen LogP contribution in [0, 0.1) is 6.33 Å². The Kier molecular flexibility index (Phi) is 2.83. The van der Waals surface area contributed by atoms with Crippen molar-refractivity contribution < 1.29 is 4.79 Å².